The van der Waals surface area contributed by atoms with Crippen LogP contribution in [-0.4, -0.2) is 43.0 Å². The molecule has 0 saturated carbocycles. The summed E-state index contributed by atoms with van der Waals surface area (Å²) in [6.45, 7) is 7.78. The minimum Gasteiger partial charge on any atom is -0.355 e. The van der Waals surface area contributed by atoms with E-state index in [1.165, 1.54) is 0 Å². The van der Waals surface area contributed by atoms with Crippen molar-refractivity contribution < 1.29 is 14.4 Å². The Kier molecular flexibility index (Phi) is 7.69. The molecule has 0 spiro atoms. The number of likely N-dealkylation sites (N-methyl/N-ethyl adjacent to an activating group) is 1. The first kappa shape index (κ1) is 16.4. The van der Waals surface area contributed by atoms with Crippen LogP contribution in [0.1, 0.15) is 27.7 Å². The first-order chi connectivity index (χ1) is 8.42. The lowest BCUT2D eigenvalue weighted by Gasteiger charge is -2.18. The number of amides is 4. The van der Waals surface area contributed by atoms with E-state index in [0.717, 1.165) is 0 Å². The van der Waals surface area contributed by atoms with Crippen molar-refractivity contribution in [2.24, 2.45) is 0 Å². The van der Waals surface area contributed by atoms with E-state index in [0.29, 0.717) is 13.1 Å². The minimum atomic E-state index is -0.634. The molecule has 0 aromatic rings. The van der Waals surface area contributed by atoms with Crippen LogP contribution in [0, 0.1) is 0 Å². The molecule has 4 N–H and O–H groups in total. The highest BCUT2D eigenvalue weighted by molar-refractivity contribution is 5.97. The Morgan fingerprint density at radius 2 is 1.39 bits per heavy atom. The second kappa shape index (κ2) is 8.46. The van der Waals surface area contributed by atoms with Gasteiger partial charge in [0.2, 0.25) is 11.8 Å². The third-order valence-corrected chi connectivity index (χ3v) is 2.21. The average molecular weight is 258 g/mol. The molecule has 0 fully saturated rings. The van der Waals surface area contributed by atoms with Crippen molar-refractivity contribution in [2.75, 3.05) is 13.1 Å². The Balaban J connectivity index is 4.15. The summed E-state index contributed by atoms with van der Waals surface area (Å²) in [6.07, 6.45) is 0. The van der Waals surface area contributed by atoms with E-state index >= 15 is 0 Å². The highest BCUT2D eigenvalue weighted by Crippen LogP contribution is 1.89. The van der Waals surface area contributed by atoms with Gasteiger partial charge in [0.25, 0.3) is 0 Å². The topological polar surface area (TPSA) is 99.3 Å². The van der Waals surface area contributed by atoms with Crippen LogP contribution in [0.25, 0.3) is 0 Å². The summed E-state index contributed by atoms with van der Waals surface area (Å²) in [6, 6.07) is -1.67. The zero-order chi connectivity index (χ0) is 14.1. The van der Waals surface area contributed by atoms with Gasteiger partial charge in [-0.05, 0) is 27.7 Å². The number of carbonyl (C=O) groups is 3. The third kappa shape index (κ3) is 6.19. The monoisotopic (exact) mass is 258 g/mol. The van der Waals surface area contributed by atoms with E-state index in [1.807, 2.05) is 6.92 Å². The van der Waals surface area contributed by atoms with Gasteiger partial charge in [-0.15, -0.1) is 0 Å². The molecule has 0 aromatic heterocycles. The molecule has 7 heteroatoms. The second-order valence-corrected chi connectivity index (χ2v) is 3.85. The van der Waals surface area contributed by atoms with Crippen LogP contribution >= 0.6 is 0 Å². The van der Waals surface area contributed by atoms with Crippen LogP contribution < -0.4 is 21.3 Å². The molecule has 4 amide bonds. The summed E-state index contributed by atoms with van der Waals surface area (Å²) in [5, 5.41) is 10.1. The molecule has 2 atom stereocenters. The fourth-order valence-corrected chi connectivity index (χ4v) is 1.28. The average Bonchev–Trinajstić information content (AvgIpc) is 2.29. The van der Waals surface area contributed by atoms with E-state index in [4.69, 9.17) is 0 Å². The molecular formula is C11H22N4O3. The maximum Gasteiger partial charge on any atom is 0.321 e. The molecule has 0 aliphatic rings. The molecule has 0 bridgehead atoms. The van der Waals surface area contributed by atoms with Crippen molar-refractivity contribution in [1.82, 2.24) is 21.3 Å². The molecule has 7 nitrogen and oxygen atoms in total. The molecule has 2 unspecified atom stereocenters. The van der Waals surface area contributed by atoms with Crippen molar-refractivity contribution in [3.05, 3.63) is 0 Å². The Labute approximate surface area is 107 Å². The molecule has 0 aliphatic carbocycles. The maximum absolute atomic E-state index is 11.6. The van der Waals surface area contributed by atoms with Gasteiger partial charge in [-0.1, -0.05) is 0 Å². The molecule has 0 rings (SSSR count). The van der Waals surface area contributed by atoms with E-state index in [1.54, 1.807) is 20.8 Å². The Bertz CT molecular complexity index is 307. The number of rotatable bonds is 6. The third-order valence-electron chi connectivity index (χ3n) is 2.21. The molecule has 18 heavy (non-hydrogen) atoms. The van der Waals surface area contributed by atoms with Gasteiger partial charge in [-0.2, -0.15) is 0 Å². The van der Waals surface area contributed by atoms with Gasteiger partial charge in [0.1, 0.15) is 0 Å². The van der Waals surface area contributed by atoms with Crippen molar-refractivity contribution in [3.63, 3.8) is 0 Å². The van der Waals surface area contributed by atoms with Gasteiger partial charge in [-0.3, -0.25) is 20.2 Å². The van der Waals surface area contributed by atoms with Crippen LogP contribution in [-0.2, 0) is 9.59 Å². The highest BCUT2D eigenvalue weighted by atomic mass is 16.2. The Morgan fingerprint density at radius 3 is 1.89 bits per heavy atom. The zero-order valence-electron chi connectivity index (χ0n) is 11.3. The summed E-state index contributed by atoms with van der Waals surface area (Å²) in [7, 11) is 0. The first-order valence-corrected chi connectivity index (χ1v) is 6.04. The van der Waals surface area contributed by atoms with Gasteiger partial charge < -0.3 is 10.6 Å². The smallest absolute Gasteiger partial charge is 0.321 e. The lowest BCUT2D eigenvalue weighted by molar-refractivity contribution is -0.124. The number of hydrogen-bond donors (Lipinski definition) is 4. The van der Waals surface area contributed by atoms with Crippen LogP contribution in [0.2, 0.25) is 0 Å². The Hall–Kier alpha value is -1.63. The fourth-order valence-electron chi connectivity index (χ4n) is 1.28. The normalized spacial score (nSPS) is 13.3. The number of nitrogens with one attached hydrogen (secondary N) is 4. The lowest BCUT2D eigenvalue weighted by atomic mass is 10.2. The van der Waals surface area contributed by atoms with Crippen LogP contribution in [0.3, 0.4) is 0 Å². The first-order valence-electron chi connectivity index (χ1n) is 6.04. The predicted molar refractivity (Wildman–Crippen MR) is 68.0 cm³/mol. The van der Waals surface area contributed by atoms with Crippen molar-refractivity contribution in [1.29, 1.82) is 0 Å². The quantitative estimate of drug-likeness (QED) is 0.508. The fraction of sp³-hybridized carbons (Fsp3) is 0.727. The molecule has 0 aliphatic heterocycles. The second-order valence-electron chi connectivity index (χ2n) is 3.85. The number of carbonyl (C=O) groups excluding carboxylic acids is 3. The zero-order valence-corrected chi connectivity index (χ0v) is 11.3. The highest BCUT2D eigenvalue weighted by Gasteiger charge is 2.20. The minimum absolute atomic E-state index is 0.185. The summed E-state index contributed by atoms with van der Waals surface area (Å²) in [5.74, 6) is -0.660. The van der Waals surface area contributed by atoms with Crippen LogP contribution in [0.4, 0.5) is 4.79 Å². The summed E-state index contributed by atoms with van der Waals surface area (Å²) >= 11 is 0. The molecule has 0 heterocycles. The lowest BCUT2D eigenvalue weighted by Crippen LogP contribution is -2.53. The van der Waals surface area contributed by atoms with Gasteiger partial charge in [0.05, 0.1) is 12.1 Å². The van der Waals surface area contributed by atoms with E-state index in [2.05, 4.69) is 21.3 Å². The number of urea groups is 1. The van der Waals surface area contributed by atoms with Gasteiger partial charge >= 0.3 is 6.03 Å². The van der Waals surface area contributed by atoms with Gasteiger partial charge in [-0.25, -0.2) is 4.79 Å². The predicted octanol–water partition coefficient (Wildman–Crippen LogP) is -0.665. The molecule has 104 valence electrons. The maximum atomic E-state index is 11.6. The van der Waals surface area contributed by atoms with E-state index < -0.39 is 24.0 Å². The summed E-state index contributed by atoms with van der Waals surface area (Å²) in [4.78, 5) is 34.1. The standard InChI is InChI=1S/C11H22N4O3/c1-5-12-9(16)7(3)14-8(4)10(17)15-11(18)13-6-2/h7-8,14H,5-6H2,1-4H3,(H,12,16)(H2,13,15,17,18). The number of imide groups is 1. The van der Waals surface area contributed by atoms with Gasteiger partial charge in [0.15, 0.2) is 0 Å². The SMILES string of the molecule is CCNC(=O)NC(=O)C(C)NC(C)C(=O)NCC. The van der Waals surface area contributed by atoms with Crippen LogP contribution in [0.15, 0.2) is 0 Å². The molecule has 0 saturated heterocycles. The van der Waals surface area contributed by atoms with Gasteiger partial charge in [0, 0.05) is 13.1 Å². The molecule has 0 radical (unpaired) electrons. The van der Waals surface area contributed by atoms with Crippen molar-refractivity contribution >= 4 is 17.8 Å². The molecule has 0 aromatic carbocycles. The number of hydrogen-bond acceptors (Lipinski definition) is 4. The Morgan fingerprint density at radius 1 is 0.889 bits per heavy atom. The largest absolute Gasteiger partial charge is 0.355 e. The van der Waals surface area contributed by atoms with Crippen molar-refractivity contribution in [2.45, 2.75) is 39.8 Å². The van der Waals surface area contributed by atoms with Crippen LogP contribution in [0.5, 0.6) is 0 Å². The summed E-state index contributed by atoms with van der Waals surface area (Å²) < 4.78 is 0. The summed E-state index contributed by atoms with van der Waals surface area (Å²) in [5.41, 5.74) is 0. The van der Waals surface area contributed by atoms with E-state index in [-0.39, 0.29) is 5.91 Å². The van der Waals surface area contributed by atoms with E-state index in [9.17, 15) is 14.4 Å². The molecular weight excluding hydrogens is 236 g/mol. The van der Waals surface area contributed by atoms with Crippen molar-refractivity contribution in [3.8, 4) is 0 Å².